The summed E-state index contributed by atoms with van der Waals surface area (Å²) in [6, 6.07) is 30.4. The Balaban J connectivity index is 1.36. The van der Waals surface area contributed by atoms with E-state index in [1.54, 1.807) is 30.3 Å². The van der Waals surface area contributed by atoms with Crippen LogP contribution in [0.4, 0.5) is 0 Å². The van der Waals surface area contributed by atoms with Crippen LogP contribution in [0.1, 0.15) is 87.9 Å². The summed E-state index contributed by atoms with van der Waals surface area (Å²) in [7, 11) is 4.33. The van der Waals surface area contributed by atoms with E-state index in [0.717, 1.165) is 53.3 Å². The number of aromatic nitrogens is 1. The molecular formula is C43H46N3O5+. The molecule has 1 unspecified atom stereocenters. The number of unbranched alkanes of at least 4 members (excludes halogenated alkanes) is 1. The molecule has 5 aromatic rings. The number of likely N-dealkylation sites (N-methyl/N-ethyl adjacent to an activating group) is 1. The van der Waals surface area contributed by atoms with E-state index in [1.165, 1.54) is 0 Å². The standard InChI is InChI=1S/C43H45N3O5/c1-5-7-18-30-26-29-17-11-12-19-31(29)43(45-30)50-25-24-46(3,4)36(6-2)34-22-23-35(42(44)49)41(39(34)28-15-9-8-10-16-28)51-38-27-37(47)32-20-13-14-21-33(32)40(38)48/h8-17,19-23,26,36,38H,5-7,18,24-25,27H2,1-4H3,(H-,44,49)/p+1/t36?,38-/m0/s1. The third kappa shape index (κ3) is 7.42. The molecule has 0 saturated carbocycles. The van der Waals surface area contributed by atoms with Crippen LogP contribution in [0.25, 0.3) is 21.9 Å². The van der Waals surface area contributed by atoms with Crippen molar-refractivity contribution in [3.8, 4) is 22.8 Å². The van der Waals surface area contributed by atoms with Crippen molar-refractivity contribution in [3.63, 3.8) is 0 Å². The highest BCUT2D eigenvalue weighted by Gasteiger charge is 2.38. The molecule has 0 bridgehead atoms. The lowest BCUT2D eigenvalue weighted by Crippen LogP contribution is -2.46. The first-order chi connectivity index (χ1) is 24.6. The number of carbonyl (C=O) groups excluding carboxylic acids is 3. The van der Waals surface area contributed by atoms with E-state index in [0.29, 0.717) is 40.2 Å². The fourth-order valence-electron chi connectivity index (χ4n) is 7.26. The maximum absolute atomic E-state index is 13.7. The van der Waals surface area contributed by atoms with E-state index >= 15 is 0 Å². The molecule has 262 valence electrons. The maximum Gasteiger partial charge on any atom is 0.252 e. The molecule has 8 nitrogen and oxygen atoms in total. The lowest BCUT2D eigenvalue weighted by molar-refractivity contribution is -0.921. The van der Waals surface area contributed by atoms with Crippen LogP contribution in [0, 0.1) is 0 Å². The Bertz CT molecular complexity index is 2070. The normalized spacial score (nSPS) is 15.0. The van der Waals surface area contributed by atoms with Crippen molar-refractivity contribution in [1.82, 2.24) is 4.98 Å². The monoisotopic (exact) mass is 684 g/mol. The summed E-state index contributed by atoms with van der Waals surface area (Å²) in [5.74, 6) is -0.307. The Labute approximate surface area is 299 Å². The van der Waals surface area contributed by atoms with Crippen molar-refractivity contribution in [2.75, 3.05) is 27.2 Å². The molecule has 1 aliphatic carbocycles. The summed E-state index contributed by atoms with van der Waals surface area (Å²) >= 11 is 0. The van der Waals surface area contributed by atoms with Crippen LogP contribution < -0.4 is 15.2 Å². The Kier molecular flexibility index (Phi) is 10.6. The molecule has 4 aromatic carbocycles. The number of benzene rings is 4. The van der Waals surface area contributed by atoms with Crippen LogP contribution >= 0.6 is 0 Å². The van der Waals surface area contributed by atoms with Gasteiger partial charge in [0.2, 0.25) is 11.7 Å². The Morgan fingerprint density at radius 2 is 1.63 bits per heavy atom. The molecule has 51 heavy (non-hydrogen) atoms. The molecular weight excluding hydrogens is 638 g/mol. The van der Waals surface area contributed by atoms with E-state index in [4.69, 9.17) is 20.2 Å². The molecule has 2 atom stereocenters. The van der Waals surface area contributed by atoms with Crippen LogP contribution in [0.3, 0.4) is 0 Å². The number of primary amides is 1. The number of nitrogens with two attached hydrogens (primary N) is 1. The summed E-state index contributed by atoms with van der Waals surface area (Å²) in [6.45, 7) is 5.40. The number of pyridine rings is 1. The lowest BCUT2D eigenvalue weighted by Gasteiger charge is -2.39. The van der Waals surface area contributed by atoms with Crippen molar-refractivity contribution >= 4 is 28.2 Å². The van der Waals surface area contributed by atoms with Crippen molar-refractivity contribution in [2.45, 2.75) is 58.1 Å². The third-order valence-corrected chi connectivity index (χ3v) is 9.97. The van der Waals surface area contributed by atoms with E-state index < -0.39 is 12.0 Å². The fraction of sp³-hybridized carbons (Fsp3) is 0.302. The second-order valence-corrected chi connectivity index (χ2v) is 13.8. The van der Waals surface area contributed by atoms with E-state index in [2.05, 4.69) is 40.1 Å². The van der Waals surface area contributed by atoms with Gasteiger partial charge in [-0.1, -0.05) is 99.1 Å². The summed E-state index contributed by atoms with van der Waals surface area (Å²) in [5.41, 5.74) is 10.3. The molecule has 6 rings (SSSR count). The van der Waals surface area contributed by atoms with Crippen molar-refractivity contribution < 1.29 is 28.3 Å². The number of ether oxygens (including phenoxy) is 2. The highest BCUT2D eigenvalue weighted by Crippen LogP contribution is 2.44. The summed E-state index contributed by atoms with van der Waals surface area (Å²) < 4.78 is 13.5. The number of ketones is 2. The summed E-state index contributed by atoms with van der Waals surface area (Å²) in [4.78, 5) is 44.7. The molecule has 1 heterocycles. The zero-order chi connectivity index (χ0) is 36.1. The van der Waals surface area contributed by atoms with Crippen molar-refractivity contribution in [3.05, 3.63) is 125 Å². The van der Waals surface area contributed by atoms with Crippen LogP contribution in [0.5, 0.6) is 11.6 Å². The molecule has 8 heteroatoms. The average Bonchev–Trinajstić information content (AvgIpc) is 3.13. The number of quaternary nitrogens is 1. The SMILES string of the molecule is CCCCc1cc2ccccc2c(OCC[N+](C)(C)C(CC)c2ccc(C(N)=O)c(O[C@H]3CC(=O)c4ccccc4C3=O)c2-c2ccccc2)n1. The summed E-state index contributed by atoms with van der Waals surface area (Å²) in [5, 5.41) is 2.11. The van der Waals surface area contributed by atoms with Crippen molar-refractivity contribution in [2.24, 2.45) is 5.73 Å². The minimum absolute atomic E-state index is 0.0712. The van der Waals surface area contributed by atoms with Gasteiger partial charge < -0.3 is 19.7 Å². The van der Waals surface area contributed by atoms with Gasteiger partial charge in [0, 0.05) is 39.8 Å². The quantitative estimate of drug-likeness (QED) is 0.118. The first kappa shape index (κ1) is 35.5. The topological polar surface area (TPSA) is 109 Å². The van der Waals surface area contributed by atoms with Gasteiger partial charge in [0.15, 0.2) is 11.9 Å². The van der Waals surface area contributed by atoms with E-state index in [9.17, 15) is 14.4 Å². The van der Waals surface area contributed by atoms with Crippen LogP contribution in [-0.2, 0) is 6.42 Å². The minimum atomic E-state index is -1.10. The molecule has 0 radical (unpaired) electrons. The van der Waals surface area contributed by atoms with Gasteiger partial charge in [0.25, 0.3) is 5.91 Å². The zero-order valence-electron chi connectivity index (χ0n) is 29.9. The predicted molar refractivity (Wildman–Crippen MR) is 200 cm³/mol. The van der Waals surface area contributed by atoms with Crippen LogP contribution in [-0.4, -0.2) is 60.3 Å². The Morgan fingerprint density at radius 3 is 2.35 bits per heavy atom. The average molecular weight is 685 g/mol. The number of hydrogen-bond acceptors (Lipinski definition) is 6. The second-order valence-electron chi connectivity index (χ2n) is 13.8. The predicted octanol–water partition coefficient (Wildman–Crippen LogP) is 8.17. The number of nitrogens with zero attached hydrogens (tertiary/aromatic N) is 2. The number of hydrogen-bond donors (Lipinski definition) is 1. The lowest BCUT2D eigenvalue weighted by atomic mass is 9.86. The van der Waals surface area contributed by atoms with Gasteiger partial charge in [0.05, 0.1) is 26.1 Å². The Morgan fingerprint density at radius 1 is 0.922 bits per heavy atom. The number of carbonyl (C=O) groups is 3. The largest absolute Gasteiger partial charge is 0.480 e. The number of Topliss-reactive ketones (excluding diaryl/α,β-unsaturated/α-hetero) is 2. The number of rotatable bonds is 14. The maximum atomic E-state index is 13.7. The van der Waals surface area contributed by atoms with Gasteiger partial charge in [-0.3, -0.25) is 14.4 Å². The molecule has 0 spiro atoms. The summed E-state index contributed by atoms with van der Waals surface area (Å²) in [6.07, 6.45) is 2.58. The highest BCUT2D eigenvalue weighted by molar-refractivity contribution is 6.16. The highest BCUT2D eigenvalue weighted by atomic mass is 16.5. The first-order valence-electron chi connectivity index (χ1n) is 17.8. The van der Waals surface area contributed by atoms with E-state index in [-0.39, 0.29) is 35.3 Å². The van der Waals surface area contributed by atoms with Crippen LogP contribution in [0.15, 0.2) is 97.1 Å². The molecule has 1 amide bonds. The molecule has 0 fully saturated rings. The number of fused-ring (bicyclic) bond motifs is 2. The molecule has 1 aromatic heterocycles. The minimum Gasteiger partial charge on any atom is -0.480 e. The molecule has 0 aliphatic heterocycles. The molecule has 1 aliphatic rings. The van der Waals surface area contributed by atoms with Gasteiger partial charge in [-0.25, -0.2) is 4.98 Å². The van der Waals surface area contributed by atoms with Gasteiger partial charge in [-0.2, -0.15) is 0 Å². The number of amides is 1. The molecule has 0 saturated heterocycles. The Hall–Kier alpha value is -5.34. The fourth-order valence-corrected chi connectivity index (χ4v) is 7.26. The van der Waals surface area contributed by atoms with Gasteiger partial charge >= 0.3 is 0 Å². The zero-order valence-corrected chi connectivity index (χ0v) is 29.9. The second kappa shape index (κ2) is 15.3. The van der Waals surface area contributed by atoms with Gasteiger partial charge in [-0.15, -0.1) is 0 Å². The van der Waals surface area contributed by atoms with E-state index in [1.807, 2.05) is 54.6 Å². The van der Waals surface area contributed by atoms with Gasteiger partial charge in [0.1, 0.15) is 24.9 Å². The smallest absolute Gasteiger partial charge is 0.252 e. The van der Waals surface area contributed by atoms with Gasteiger partial charge in [-0.05, 0) is 42.0 Å². The third-order valence-electron chi connectivity index (χ3n) is 9.97. The number of aryl methyl sites for hydroxylation is 1. The molecule has 2 N–H and O–H groups in total. The van der Waals surface area contributed by atoms with Crippen molar-refractivity contribution in [1.29, 1.82) is 0 Å². The van der Waals surface area contributed by atoms with Crippen LogP contribution in [0.2, 0.25) is 0 Å². The first-order valence-corrected chi connectivity index (χ1v) is 17.8.